The van der Waals surface area contributed by atoms with Crippen molar-refractivity contribution in [1.29, 1.82) is 0 Å². The number of fused-ring (bicyclic) bond motifs is 1. The van der Waals surface area contributed by atoms with Gasteiger partial charge in [-0.2, -0.15) is 0 Å². The second-order valence-electron chi connectivity index (χ2n) is 5.48. The molecule has 0 aromatic heterocycles. The fraction of sp³-hybridized carbons (Fsp3) is 0.294. The highest BCUT2D eigenvalue weighted by Gasteiger charge is 2.16. The van der Waals surface area contributed by atoms with Gasteiger partial charge < -0.3 is 15.2 Å². The minimum Gasteiger partial charge on any atom is -0.489 e. The van der Waals surface area contributed by atoms with Crippen molar-refractivity contribution in [3.63, 3.8) is 0 Å². The summed E-state index contributed by atoms with van der Waals surface area (Å²) in [7, 11) is 0. The van der Waals surface area contributed by atoms with Gasteiger partial charge in [-0.15, -0.1) is 0 Å². The molecule has 0 spiro atoms. The second-order valence-corrected chi connectivity index (χ2v) is 5.48. The first-order chi connectivity index (χ1) is 9.63. The topological polar surface area (TPSA) is 44.5 Å². The van der Waals surface area contributed by atoms with E-state index in [4.69, 9.17) is 15.2 Å². The quantitative estimate of drug-likeness (QED) is 0.804. The van der Waals surface area contributed by atoms with Crippen molar-refractivity contribution in [2.75, 3.05) is 18.9 Å². The fourth-order valence-electron chi connectivity index (χ4n) is 2.36. The van der Waals surface area contributed by atoms with Gasteiger partial charge in [-0.1, -0.05) is 25.1 Å². The van der Waals surface area contributed by atoms with Gasteiger partial charge >= 0.3 is 0 Å². The van der Waals surface area contributed by atoms with E-state index < -0.39 is 0 Å². The van der Waals surface area contributed by atoms with Gasteiger partial charge in [0.25, 0.3) is 0 Å². The second kappa shape index (κ2) is 5.08. The maximum atomic E-state index is 6.11. The summed E-state index contributed by atoms with van der Waals surface area (Å²) < 4.78 is 11.6. The Morgan fingerprint density at radius 1 is 1.00 bits per heavy atom. The Bertz CT molecular complexity index is 637. The third kappa shape index (κ3) is 2.44. The van der Waals surface area contributed by atoms with Gasteiger partial charge in [-0.05, 0) is 36.2 Å². The van der Waals surface area contributed by atoms with Crippen molar-refractivity contribution in [1.82, 2.24) is 0 Å². The molecule has 1 aliphatic heterocycles. The van der Waals surface area contributed by atoms with Crippen LogP contribution >= 0.6 is 0 Å². The first-order valence-corrected chi connectivity index (χ1v) is 6.89. The van der Waals surface area contributed by atoms with Crippen LogP contribution in [0.3, 0.4) is 0 Å². The Morgan fingerprint density at radius 2 is 1.75 bits per heavy atom. The van der Waals surface area contributed by atoms with Crippen molar-refractivity contribution in [3.8, 4) is 22.6 Å². The molecule has 1 unspecified atom stereocenters. The Kier molecular flexibility index (Phi) is 3.26. The number of aryl methyl sites for hydroxylation is 1. The predicted molar refractivity (Wildman–Crippen MR) is 81.2 cm³/mol. The Labute approximate surface area is 119 Å². The van der Waals surface area contributed by atoms with Crippen LogP contribution in [0.4, 0.5) is 5.69 Å². The van der Waals surface area contributed by atoms with E-state index in [1.54, 1.807) is 0 Å². The summed E-state index contributed by atoms with van der Waals surface area (Å²) >= 11 is 0. The summed E-state index contributed by atoms with van der Waals surface area (Å²) in [5.41, 5.74) is 10.1. The molecule has 2 N–H and O–H groups in total. The van der Waals surface area contributed by atoms with Crippen molar-refractivity contribution >= 4 is 5.69 Å². The average Bonchev–Trinajstić information content (AvgIpc) is 2.61. The third-order valence-electron chi connectivity index (χ3n) is 3.51. The first kappa shape index (κ1) is 12.9. The van der Waals surface area contributed by atoms with E-state index >= 15 is 0 Å². The summed E-state index contributed by atoms with van der Waals surface area (Å²) in [6.45, 7) is 5.53. The zero-order valence-corrected chi connectivity index (χ0v) is 11.8. The zero-order chi connectivity index (χ0) is 14.1. The SMILES string of the molecule is Cc1ccc(-c2ccc3c(c2)OCC(C)CO3)c(N)c1. The fourth-order valence-corrected chi connectivity index (χ4v) is 2.36. The number of nitrogens with two attached hydrogens (primary N) is 1. The zero-order valence-electron chi connectivity index (χ0n) is 11.8. The molecule has 3 nitrogen and oxygen atoms in total. The highest BCUT2D eigenvalue weighted by atomic mass is 16.5. The normalized spacial score (nSPS) is 17.6. The van der Waals surface area contributed by atoms with Crippen molar-refractivity contribution in [3.05, 3.63) is 42.0 Å². The first-order valence-electron chi connectivity index (χ1n) is 6.89. The molecule has 2 aromatic carbocycles. The van der Waals surface area contributed by atoms with E-state index in [0.717, 1.165) is 33.9 Å². The summed E-state index contributed by atoms with van der Waals surface area (Å²) in [6, 6.07) is 12.1. The molecular weight excluding hydrogens is 250 g/mol. The molecule has 0 saturated carbocycles. The van der Waals surface area contributed by atoms with Crippen LogP contribution in [0.5, 0.6) is 11.5 Å². The lowest BCUT2D eigenvalue weighted by Gasteiger charge is -2.11. The van der Waals surface area contributed by atoms with E-state index in [2.05, 4.69) is 13.0 Å². The molecule has 0 radical (unpaired) electrons. The summed E-state index contributed by atoms with van der Waals surface area (Å²) in [5.74, 6) is 2.01. The minimum atomic E-state index is 0.398. The molecule has 1 heterocycles. The van der Waals surface area contributed by atoms with Gasteiger partial charge in [0.05, 0.1) is 13.2 Å². The standard InChI is InChI=1S/C17H19NO2/c1-11-3-5-14(15(18)7-11)13-4-6-16-17(8-13)20-10-12(2)9-19-16/h3-8,12H,9-10,18H2,1-2H3. The van der Waals surface area contributed by atoms with Gasteiger partial charge in [0.2, 0.25) is 0 Å². The van der Waals surface area contributed by atoms with Crippen LogP contribution in [-0.2, 0) is 0 Å². The molecule has 0 saturated heterocycles. The number of ether oxygens (including phenoxy) is 2. The number of nitrogen functional groups attached to an aromatic ring is 1. The molecule has 1 atom stereocenters. The molecule has 0 aliphatic carbocycles. The predicted octanol–water partition coefficient (Wildman–Crippen LogP) is 3.65. The molecule has 1 aliphatic rings. The van der Waals surface area contributed by atoms with E-state index in [1.165, 1.54) is 0 Å². The monoisotopic (exact) mass is 269 g/mol. The lowest BCUT2D eigenvalue weighted by Crippen LogP contribution is -2.12. The molecule has 2 aromatic rings. The molecule has 3 heteroatoms. The van der Waals surface area contributed by atoms with E-state index in [9.17, 15) is 0 Å². The maximum Gasteiger partial charge on any atom is 0.161 e. The Balaban J connectivity index is 2.00. The lowest BCUT2D eigenvalue weighted by atomic mass is 10.0. The number of rotatable bonds is 1. The highest BCUT2D eigenvalue weighted by Crippen LogP contribution is 2.36. The summed E-state index contributed by atoms with van der Waals surface area (Å²) in [5, 5.41) is 0. The smallest absolute Gasteiger partial charge is 0.161 e. The third-order valence-corrected chi connectivity index (χ3v) is 3.51. The Morgan fingerprint density at radius 3 is 2.50 bits per heavy atom. The molecular formula is C17H19NO2. The number of benzene rings is 2. The van der Waals surface area contributed by atoms with Gasteiger partial charge in [-0.25, -0.2) is 0 Å². The van der Waals surface area contributed by atoms with Gasteiger partial charge in [-0.3, -0.25) is 0 Å². The summed E-state index contributed by atoms with van der Waals surface area (Å²) in [6.07, 6.45) is 0. The van der Waals surface area contributed by atoms with Gasteiger partial charge in [0.15, 0.2) is 11.5 Å². The van der Waals surface area contributed by atoms with Crippen LogP contribution in [0.2, 0.25) is 0 Å². The largest absolute Gasteiger partial charge is 0.489 e. The molecule has 3 rings (SSSR count). The number of hydrogen-bond donors (Lipinski definition) is 1. The van der Waals surface area contributed by atoms with Crippen LogP contribution in [0.1, 0.15) is 12.5 Å². The molecule has 0 amide bonds. The van der Waals surface area contributed by atoms with Crippen molar-refractivity contribution in [2.45, 2.75) is 13.8 Å². The summed E-state index contributed by atoms with van der Waals surface area (Å²) in [4.78, 5) is 0. The van der Waals surface area contributed by atoms with E-state index in [1.807, 2.05) is 37.3 Å². The van der Waals surface area contributed by atoms with Crippen LogP contribution in [0.15, 0.2) is 36.4 Å². The Hall–Kier alpha value is -2.16. The van der Waals surface area contributed by atoms with Crippen LogP contribution in [0.25, 0.3) is 11.1 Å². The highest BCUT2D eigenvalue weighted by molar-refractivity contribution is 5.78. The average molecular weight is 269 g/mol. The van der Waals surface area contributed by atoms with Crippen LogP contribution in [0, 0.1) is 12.8 Å². The van der Waals surface area contributed by atoms with Gasteiger partial charge in [0.1, 0.15) is 0 Å². The molecule has 20 heavy (non-hydrogen) atoms. The lowest BCUT2D eigenvalue weighted by molar-refractivity contribution is 0.228. The molecule has 0 bridgehead atoms. The van der Waals surface area contributed by atoms with Crippen molar-refractivity contribution < 1.29 is 9.47 Å². The molecule has 104 valence electrons. The maximum absolute atomic E-state index is 6.11. The van der Waals surface area contributed by atoms with Crippen LogP contribution in [-0.4, -0.2) is 13.2 Å². The number of hydrogen-bond acceptors (Lipinski definition) is 3. The van der Waals surface area contributed by atoms with Gasteiger partial charge in [0, 0.05) is 17.2 Å². The van der Waals surface area contributed by atoms with Crippen molar-refractivity contribution in [2.24, 2.45) is 5.92 Å². The number of anilines is 1. The van der Waals surface area contributed by atoms with Crippen LogP contribution < -0.4 is 15.2 Å². The van der Waals surface area contributed by atoms with E-state index in [-0.39, 0.29) is 0 Å². The van der Waals surface area contributed by atoms with E-state index in [0.29, 0.717) is 19.1 Å². The minimum absolute atomic E-state index is 0.398. The molecule has 0 fully saturated rings.